The summed E-state index contributed by atoms with van der Waals surface area (Å²) in [5.41, 5.74) is 3.26. The molecule has 29 heavy (non-hydrogen) atoms. The van der Waals surface area contributed by atoms with Gasteiger partial charge in [0.15, 0.2) is 0 Å². The van der Waals surface area contributed by atoms with Crippen molar-refractivity contribution < 1.29 is 9.53 Å². The van der Waals surface area contributed by atoms with Gasteiger partial charge in [0, 0.05) is 44.7 Å². The molecule has 0 spiro atoms. The lowest BCUT2D eigenvalue weighted by atomic mass is 10.0. The van der Waals surface area contributed by atoms with Gasteiger partial charge in [0.05, 0.1) is 18.8 Å². The van der Waals surface area contributed by atoms with Crippen LogP contribution in [0.25, 0.3) is 0 Å². The minimum atomic E-state index is 0.0245. The van der Waals surface area contributed by atoms with Crippen LogP contribution in [-0.4, -0.2) is 72.1 Å². The Hall–Kier alpha value is -2.51. The zero-order valence-corrected chi connectivity index (χ0v) is 17.3. The highest BCUT2D eigenvalue weighted by molar-refractivity contribution is 5.78. The summed E-state index contributed by atoms with van der Waals surface area (Å²) in [5, 5.41) is 0. The van der Waals surface area contributed by atoms with Crippen LogP contribution in [-0.2, 0) is 29.1 Å². The van der Waals surface area contributed by atoms with E-state index < -0.39 is 0 Å². The Balaban J connectivity index is 1.42. The van der Waals surface area contributed by atoms with Crippen LogP contribution in [0.4, 0.5) is 5.82 Å². The van der Waals surface area contributed by atoms with Gasteiger partial charge >= 0.3 is 0 Å². The Morgan fingerprint density at radius 1 is 1.07 bits per heavy atom. The third kappa shape index (κ3) is 4.74. The number of hydrogen-bond acceptors (Lipinski definition) is 6. The van der Waals surface area contributed by atoms with Crippen molar-refractivity contribution >= 4 is 11.7 Å². The molecule has 1 aromatic carbocycles. The third-order valence-corrected chi connectivity index (χ3v) is 5.64. The molecule has 0 N–H and O–H groups in total. The quantitative estimate of drug-likeness (QED) is 0.767. The van der Waals surface area contributed by atoms with Crippen LogP contribution < -0.4 is 4.90 Å². The lowest BCUT2D eigenvalue weighted by molar-refractivity contribution is -0.137. The van der Waals surface area contributed by atoms with Crippen molar-refractivity contribution in [3.8, 4) is 0 Å². The number of anilines is 1. The molecule has 0 bridgehead atoms. The summed E-state index contributed by atoms with van der Waals surface area (Å²) < 4.78 is 5.66. The van der Waals surface area contributed by atoms with E-state index in [1.54, 1.807) is 0 Å². The molecule has 154 valence electrons. The number of carbonyl (C=O) groups is 1. The second-order valence-electron chi connectivity index (χ2n) is 7.85. The Bertz CT molecular complexity index is 850. The summed E-state index contributed by atoms with van der Waals surface area (Å²) >= 11 is 0. The molecule has 0 atom stereocenters. The summed E-state index contributed by atoms with van der Waals surface area (Å²) in [5.74, 6) is 1.84. The van der Waals surface area contributed by atoms with E-state index in [9.17, 15) is 4.79 Å². The van der Waals surface area contributed by atoms with Crippen molar-refractivity contribution in [2.45, 2.75) is 26.5 Å². The predicted molar refractivity (Wildman–Crippen MR) is 112 cm³/mol. The molecule has 1 amide bonds. The molecule has 1 fully saturated rings. The van der Waals surface area contributed by atoms with Crippen molar-refractivity contribution in [2.24, 2.45) is 0 Å². The lowest BCUT2D eigenvalue weighted by Gasteiger charge is -2.37. The van der Waals surface area contributed by atoms with Crippen LogP contribution in [0, 0.1) is 6.92 Å². The van der Waals surface area contributed by atoms with Gasteiger partial charge in [-0.15, -0.1) is 0 Å². The van der Waals surface area contributed by atoms with Crippen LogP contribution in [0.2, 0.25) is 0 Å². The van der Waals surface area contributed by atoms with Gasteiger partial charge in [0.1, 0.15) is 18.2 Å². The molecule has 7 heteroatoms. The molecule has 1 saturated heterocycles. The van der Waals surface area contributed by atoms with E-state index in [0.29, 0.717) is 19.7 Å². The van der Waals surface area contributed by atoms with Crippen molar-refractivity contribution in [1.82, 2.24) is 19.8 Å². The zero-order chi connectivity index (χ0) is 20.2. The van der Waals surface area contributed by atoms with E-state index in [1.165, 1.54) is 0 Å². The molecule has 0 saturated carbocycles. The smallest absolute Gasteiger partial charge is 0.248 e. The summed E-state index contributed by atoms with van der Waals surface area (Å²) in [6.07, 6.45) is 0.768. The maximum atomic E-state index is 12.7. The highest BCUT2D eigenvalue weighted by Gasteiger charge is 2.28. The fraction of sp³-hybridized carbons (Fsp3) is 0.500. The minimum Gasteiger partial charge on any atom is -0.367 e. The van der Waals surface area contributed by atoms with E-state index >= 15 is 0 Å². The molecule has 7 nitrogen and oxygen atoms in total. The van der Waals surface area contributed by atoms with Crippen molar-refractivity contribution in [3.05, 3.63) is 53.0 Å². The SMILES string of the molecule is Cc1nc2c(c(N3CCN(C)CC3)n1)CN(C(=O)COCc1ccccc1)CC2. The van der Waals surface area contributed by atoms with Crippen LogP contribution in [0.5, 0.6) is 0 Å². The maximum absolute atomic E-state index is 12.7. The van der Waals surface area contributed by atoms with Gasteiger partial charge in [-0.25, -0.2) is 9.97 Å². The number of ether oxygens (including phenoxy) is 1. The molecule has 0 aliphatic carbocycles. The van der Waals surface area contributed by atoms with E-state index in [-0.39, 0.29) is 12.5 Å². The number of aryl methyl sites for hydroxylation is 1. The number of carbonyl (C=O) groups excluding carboxylic acids is 1. The molecule has 2 aromatic rings. The number of aromatic nitrogens is 2. The maximum Gasteiger partial charge on any atom is 0.248 e. The van der Waals surface area contributed by atoms with Crippen LogP contribution in [0.15, 0.2) is 30.3 Å². The average molecular weight is 396 g/mol. The van der Waals surface area contributed by atoms with E-state index in [0.717, 1.165) is 61.1 Å². The zero-order valence-electron chi connectivity index (χ0n) is 17.3. The highest BCUT2D eigenvalue weighted by atomic mass is 16.5. The first kappa shape index (κ1) is 19.8. The van der Waals surface area contributed by atoms with Gasteiger partial charge in [-0.3, -0.25) is 4.79 Å². The van der Waals surface area contributed by atoms with Crippen molar-refractivity contribution in [3.63, 3.8) is 0 Å². The normalized spacial score (nSPS) is 17.3. The lowest BCUT2D eigenvalue weighted by Crippen LogP contribution is -2.46. The summed E-state index contributed by atoms with van der Waals surface area (Å²) in [6.45, 7) is 7.69. The predicted octanol–water partition coefficient (Wildman–Crippen LogP) is 1.64. The third-order valence-electron chi connectivity index (χ3n) is 5.64. The van der Waals surface area contributed by atoms with Gasteiger partial charge in [-0.1, -0.05) is 30.3 Å². The topological polar surface area (TPSA) is 61.8 Å². The first-order valence-corrected chi connectivity index (χ1v) is 10.3. The molecular formula is C22H29N5O2. The minimum absolute atomic E-state index is 0.0245. The molecule has 3 heterocycles. The monoisotopic (exact) mass is 395 g/mol. The number of piperazine rings is 1. The van der Waals surface area contributed by atoms with Gasteiger partial charge in [-0.2, -0.15) is 0 Å². The molecule has 0 radical (unpaired) electrons. The van der Waals surface area contributed by atoms with Crippen LogP contribution in [0.1, 0.15) is 22.6 Å². The number of benzene rings is 1. The largest absolute Gasteiger partial charge is 0.367 e. The number of rotatable bonds is 5. The number of hydrogen-bond donors (Lipinski definition) is 0. The standard InChI is InChI=1S/C22H29N5O2/c1-17-23-20-8-9-27(21(28)16-29-15-18-6-4-3-5-7-18)14-19(20)22(24-17)26-12-10-25(2)11-13-26/h3-7H,8-16H2,1-2H3. The Morgan fingerprint density at radius 3 is 2.59 bits per heavy atom. The van der Waals surface area contributed by atoms with Gasteiger partial charge in [0.25, 0.3) is 0 Å². The summed E-state index contributed by atoms with van der Waals surface area (Å²) in [6, 6.07) is 9.93. The average Bonchev–Trinajstić information content (AvgIpc) is 2.74. The Labute approximate surface area is 172 Å². The fourth-order valence-corrected chi connectivity index (χ4v) is 3.93. The van der Waals surface area contributed by atoms with Crippen LogP contribution in [0.3, 0.4) is 0 Å². The Kier molecular flexibility index (Phi) is 6.06. The first-order chi connectivity index (χ1) is 14.1. The van der Waals surface area contributed by atoms with Crippen LogP contribution >= 0.6 is 0 Å². The van der Waals surface area contributed by atoms with Crippen molar-refractivity contribution in [1.29, 1.82) is 0 Å². The van der Waals surface area contributed by atoms with E-state index in [1.807, 2.05) is 42.2 Å². The summed E-state index contributed by atoms with van der Waals surface area (Å²) in [7, 11) is 2.15. The summed E-state index contributed by atoms with van der Waals surface area (Å²) in [4.78, 5) is 28.7. The molecule has 0 unspecified atom stereocenters. The number of likely N-dealkylation sites (N-methyl/N-ethyl adjacent to an activating group) is 1. The van der Waals surface area contributed by atoms with Crippen molar-refractivity contribution in [2.75, 3.05) is 51.3 Å². The fourth-order valence-electron chi connectivity index (χ4n) is 3.93. The number of amides is 1. The van der Waals surface area contributed by atoms with E-state index in [4.69, 9.17) is 9.72 Å². The molecular weight excluding hydrogens is 366 g/mol. The molecule has 2 aliphatic rings. The van der Waals surface area contributed by atoms with E-state index in [2.05, 4.69) is 21.8 Å². The molecule has 4 rings (SSSR count). The number of nitrogens with zero attached hydrogens (tertiary/aromatic N) is 5. The number of fused-ring (bicyclic) bond motifs is 1. The molecule has 1 aromatic heterocycles. The van der Waals surface area contributed by atoms with Gasteiger partial charge in [-0.05, 0) is 19.5 Å². The van der Waals surface area contributed by atoms with Gasteiger partial charge in [0.2, 0.25) is 5.91 Å². The Morgan fingerprint density at radius 2 is 1.83 bits per heavy atom. The first-order valence-electron chi connectivity index (χ1n) is 10.3. The van der Waals surface area contributed by atoms with Gasteiger partial charge < -0.3 is 19.4 Å². The second-order valence-corrected chi connectivity index (χ2v) is 7.85. The second kappa shape index (κ2) is 8.88. The highest BCUT2D eigenvalue weighted by Crippen LogP contribution is 2.27. The molecule has 2 aliphatic heterocycles.